The molecule has 10 nitrogen and oxygen atoms in total. The predicted octanol–water partition coefficient (Wildman–Crippen LogP) is 5.71. The molecule has 1 unspecified atom stereocenters. The molecule has 3 fully saturated rings. The lowest BCUT2D eigenvalue weighted by Crippen LogP contribution is -2.58. The van der Waals surface area contributed by atoms with Gasteiger partial charge in [0, 0.05) is 17.8 Å². The Hall–Kier alpha value is -4.29. The summed E-state index contributed by atoms with van der Waals surface area (Å²) in [7, 11) is 0. The van der Waals surface area contributed by atoms with Crippen LogP contribution in [0.15, 0.2) is 110 Å². The van der Waals surface area contributed by atoms with E-state index in [1.54, 1.807) is 60.7 Å². The number of benzene rings is 3. The number of halogens is 2. The zero-order chi connectivity index (χ0) is 37.0. The fourth-order valence-electron chi connectivity index (χ4n) is 7.91. The molecule has 0 aromatic heterocycles. The van der Waals surface area contributed by atoms with E-state index in [1.165, 1.54) is 9.80 Å². The molecule has 3 aliphatic rings. The molecule has 3 amide bonds. The highest BCUT2D eigenvalue weighted by Gasteiger charge is 2.77. The number of para-hydroxylation sites is 1. The first kappa shape index (κ1) is 37.5. The summed E-state index contributed by atoms with van der Waals surface area (Å²) in [6.45, 7) is 6.97. The molecule has 2 bridgehead atoms. The van der Waals surface area contributed by atoms with Gasteiger partial charge in [-0.1, -0.05) is 112 Å². The first-order chi connectivity index (χ1) is 25.2. The van der Waals surface area contributed by atoms with E-state index in [9.17, 15) is 19.5 Å². The minimum atomic E-state index is -1.43. The zero-order valence-corrected chi connectivity index (χ0v) is 30.8. The van der Waals surface area contributed by atoms with Crippen LogP contribution < -0.4 is 10.2 Å². The molecule has 3 aromatic rings. The smallest absolute Gasteiger partial charge is 0.306 e. The maximum Gasteiger partial charge on any atom is 0.306 e. The molecule has 3 aliphatic heterocycles. The normalized spacial score (nSPS) is 25.6. The molecule has 0 saturated carbocycles. The number of amides is 3. The largest absolute Gasteiger partial charge is 0.463 e. The fourth-order valence-corrected chi connectivity index (χ4v) is 9.09. The highest BCUT2D eigenvalue weighted by Crippen LogP contribution is 2.61. The molecule has 12 heteroatoms. The Kier molecular flexibility index (Phi) is 11.6. The first-order valence-electron chi connectivity index (χ1n) is 17.2. The van der Waals surface area contributed by atoms with Gasteiger partial charge in [-0.05, 0) is 36.1 Å². The predicted molar refractivity (Wildman–Crippen MR) is 201 cm³/mol. The number of aliphatic hydroxyl groups excluding tert-OH is 1. The van der Waals surface area contributed by atoms with Gasteiger partial charge in [0.1, 0.15) is 18.2 Å². The summed E-state index contributed by atoms with van der Waals surface area (Å²) in [6.07, 6.45) is 3.31. The Balaban J connectivity index is 1.40. The summed E-state index contributed by atoms with van der Waals surface area (Å²) in [5.74, 6) is -3.95. The quantitative estimate of drug-likeness (QED) is 0.115. The standard InChI is InChI=1S/C40H41BrClN3O7/c1-3-5-20-32(47)51-24-29(25-14-8-6-9-15-25)43-37(48)33-34-38(49)45(31(23-46)26-16-10-7-11-17-26)36(40(34)22-27(41)35(33)52-40)39(50)44(21-4-2)30-19-13-12-18-28(30)42/h3-4,6-19,27,29,31,33-36,46H,1-2,5,20-24H2,(H,43,48)/t27?,29-,31-,33+,34-,35+,36+,40-/m1/s1. The van der Waals surface area contributed by atoms with E-state index in [0.717, 1.165) is 0 Å². The number of rotatable bonds is 15. The molecule has 0 radical (unpaired) electrons. The van der Waals surface area contributed by atoms with Crippen molar-refractivity contribution in [3.05, 3.63) is 126 Å². The maximum absolute atomic E-state index is 15.1. The molecule has 1 spiro atoms. The van der Waals surface area contributed by atoms with Gasteiger partial charge in [0.05, 0.1) is 47.3 Å². The third-order valence-corrected chi connectivity index (χ3v) is 11.3. The molecule has 3 aromatic carbocycles. The zero-order valence-electron chi connectivity index (χ0n) is 28.5. The highest BCUT2D eigenvalue weighted by atomic mass is 79.9. The van der Waals surface area contributed by atoms with Gasteiger partial charge in [-0.3, -0.25) is 19.2 Å². The molecule has 3 saturated heterocycles. The summed E-state index contributed by atoms with van der Waals surface area (Å²) in [5.41, 5.74) is 0.316. The highest BCUT2D eigenvalue weighted by molar-refractivity contribution is 9.09. The molecule has 0 aliphatic carbocycles. The van der Waals surface area contributed by atoms with E-state index in [0.29, 0.717) is 28.3 Å². The van der Waals surface area contributed by atoms with Crippen molar-refractivity contribution in [2.45, 2.75) is 53.9 Å². The lowest BCUT2D eigenvalue weighted by atomic mass is 9.70. The minimum absolute atomic E-state index is 0.0757. The number of esters is 1. The van der Waals surface area contributed by atoms with Crippen LogP contribution in [0.1, 0.15) is 42.5 Å². The van der Waals surface area contributed by atoms with Gasteiger partial charge in [0.25, 0.3) is 5.91 Å². The number of ether oxygens (including phenoxy) is 2. The Morgan fingerprint density at radius 1 is 1.04 bits per heavy atom. The van der Waals surface area contributed by atoms with Crippen molar-refractivity contribution in [2.24, 2.45) is 11.8 Å². The van der Waals surface area contributed by atoms with Crippen LogP contribution >= 0.6 is 27.5 Å². The Labute approximate surface area is 316 Å². The fraction of sp³-hybridized carbons (Fsp3) is 0.350. The Bertz CT molecular complexity index is 1810. The molecule has 272 valence electrons. The van der Waals surface area contributed by atoms with Gasteiger partial charge in [-0.25, -0.2) is 0 Å². The molecule has 52 heavy (non-hydrogen) atoms. The van der Waals surface area contributed by atoms with Crippen molar-refractivity contribution in [1.82, 2.24) is 10.2 Å². The average molecular weight is 791 g/mol. The van der Waals surface area contributed by atoms with Crippen LogP contribution in [0.3, 0.4) is 0 Å². The van der Waals surface area contributed by atoms with Crippen LogP contribution in [0, 0.1) is 11.8 Å². The second-order valence-electron chi connectivity index (χ2n) is 13.2. The molecule has 3 heterocycles. The van der Waals surface area contributed by atoms with Gasteiger partial charge in [0.15, 0.2) is 0 Å². The second kappa shape index (κ2) is 16.2. The average Bonchev–Trinajstić information content (AvgIpc) is 3.76. The molecular weight excluding hydrogens is 750 g/mol. The second-order valence-corrected chi connectivity index (χ2v) is 14.8. The SMILES string of the molecule is C=CCCC(=O)OC[C@@H](NC(=O)[C@@H]1[C@H]2O[C@@]3(CC2Br)[C@H](C(=O)N(CC=C)c2ccccc2Cl)N([C@H](CO)c2ccccc2)C(=O)[C@@H]13)c1ccccc1. The van der Waals surface area contributed by atoms with Crippen molar-refractivity contribution < 1.29 is 33.8 Å². The van der Waals surface area contributed by atoms with Crippen molar-refractivity contribution >= 4 is 56.9 Å². The number of hydrogen-bond donors (Lipinski definition) is 2. The molecule has 8 atom stereocenters. The number of anilines is 1. The number of likely N-dealkylation sites (tertiary alicyclic amines) is 1. The summed E-state index contributed by atoms with van der Waals surface area (Å²) < 4.78 is 12.3. The third-order valence-electron chi connectivity index (χ3n) is 10.2. The summed E-state index contributed by atoms with van der Waals surface area (Å²) in [5, 5.41) is 14.3. The summed E-state index contributed by atoms with van der Waals surface area (Å²) >= 11 is 10.4. The number of aliphatic hydroxyl groups is 1. The van der Waals surface area contributed by atoms with Gasteiger partial charge >= 0.3 is 5.97 Å². The number of hydrogen-bond acceptors (Lipinski definition) is 7. The Morgan fingerprint density at radius 3 is 2.33 bits per heavy atom. The number of carbonyl (C=O) groups excluding carboxylic acids is 4. The maximum atomic E-state index is 15.1. The van der Waals surface area contributed by atoms with E-state index >= 15 is 4.79 Å². The van der Waals surface area contributed by atoms with E-state index in [4.69, 9.17) is 21.1 Å². The Morgan fingerprint density at radius 2 is 1.69 bits per heavy atom. The van der Waals surface area contributed by atoms with Gasteiger partial charge in [-0.2, -0.15) is 0 Å². The molecular formula is C40H41BrClN3O7. The van der Waals surface area contributed by atoms with Gasteiger partial charge in [-0.15, -0.1) is 13.2 Å². The van der Waals surface area contributed by atoms with Crippen molar-refractivity contribution in [1.29, 1.82) is 0 Å². The first-order valence-corrected chi connectivity index (χ1v) is 18.5. The van der Waals surface area contributed by atoms with Crippen LogP contribution in [0.4, 0.5) is 5.69 Å². The van der Waals surface area contributed by atoms with Crippen LogP contribution in [0.5, 0.6) is 0 Å². The van der Waals surface area contributed by atoms with Crippen LogP contribution in [-0.2, 0) is 28.7 Å². The van der Waals surface area contributed by atoms with Crippen molar-refractivity contribution in [3.8, 4) is 0 Å². The number of fused-ring (bicyclic) bond motifs is 1. The lowest BCUT2D eigenvalue weighted by molar-refractivity contribution is -0.146. The number of nitrogens with zero attached hydrogens (tertiary/aromatic N) is 2. The topological polar surface area (TPSA) is 125 Å². The lowest BCUT2D eigenvalue weighted by Gasteiger charge is -2.39. The molecule has 6 rings (SSSR count). The monoisotopic (exact) mass is 789 g/mol. The molecule has 2 N–H and O–H groups in total. The van der Waals surface area contributed by atoms with Crippen LogP contribution in [0.25, 0.3) is 0 Å². The van der Waals surface area contributed by atoms with E-state index in [1.807, 2.05) is 36.4 Å². The van der Waals surface area contributed by atoms with Crippen molar-refractivity contribution in [3.63, 3.8) is 0 Å². The van der Waals surface area contributed by atoms with Gasteiger partial charge < -0.3 is 29.7 Å². The van der Waals surface area contributed by atoms with Crippen LogP contribution in [-0.4, -0.2) is 76.0 Å². The summed E-state index contributed by atoms with van der Waals surface area (Å²) in [6, 6.07) is 22.1. The number of carbonyl (C=O) groups is 4. The van der Waals surface area contributed by atoms with E-state index < -0.39 is 72.0 Å². The number of alkyl halides is 1. The van der Waals surface area contributed by atoms with E-state index in [2.05, 4.69) is 34.4 Å². The minimum Gasteiger partial charge on any atom is -0.463 e. The number of allylic oxidation sites excluding steroid dienone is 1. The van der Waals surface area contributed by atoms with Crippen LogP contribution in [0.2, 0.25) is 5.02 Å². The third kappa shape index (κ3) is 6.94. The number of nitrogens with one attached hydrogen (secondary N) is 1. The summed E-state index contributed by atoms with van der Waals surface area (Å²) in [4.78, 5) is 59.6. The van der Waals surface area contributed by atoms with Crippen molar-refractivity contribution in [2.75, 3.05) is 24.7 Å². The van der Waals surface area contributed by atoms with E-state index in [-0.39, 0.29) is 30.8 Å². The van der Waals surface area contributed by atoms with Gasteiger partial charge in [0.2, 0.25) is 11.8 Å².